The van der Waals surface area contributed by atoms with Gasteiger partial charge in [-0.05, 0) is 31.9 Å². The van der Waals surface area contributed by atoms with Crippen molar-refractivity contribution in [3.63, 3.8) is 0 Å². The Bertz CT molecular complexity index is 663. The largest absolute Gasteiger partial charge is 0.472 e. The maximum atomic E-state index is 12.4. The third-order valence-corrected chi connectivity index (χ3v) is 3.73. The van der Waals surface area contributed by atoms with E-state index in [0.29, 0.717) is 18.2 Å². The van der Waals surface area contributed by atoms with E-state index in [1.165, 1.54) is 0 Å². The average Bonchev–Trinajstić information content (AvgIpc) is 2.56. The zero-order valence-corrected chi connectivity index (χ0v) is 13.1. The van der Waals surface area contributed by atoms with E-state index in [0.717, 1.165) is 25.1 Å². The zero-order valence-electron chi connectivity index (χ0n) is 13.1. The molecule has 0 radical (unpaired) electrons. The molecule has 0 spiro atoms. The molecular formula is C17H20N4O2. The van der Waals surface area contributed by atoms with E-state index < -0.39 is 0 Å². The number of anilines is 1. The van der Waals surface area contributed by atoms with E-state index in [9.17, 15) is 4.79 Å². The van der Waals surface area contributed by atoms with Crippen molar-refractivity contribution in [2.24, 2.45) is 0 Å². The van der Waals surface area contributed by atoms with E-state index in [-0.39, 0.29) is 12.1 Å². The summed E-state index contributed by atoms with van der Waals surface area (Å²) in [5.41, 5.74) is 0.798. The van der Waals surface area contributed by atoms with Crippen molar-refractivity contribution >= 4 is 11.7 Å². The summed E-state index contributed by atoms with van der Waals surface area (Å²) in [6, 6.07) is 11.1. The number of nitrogens with one attached hydrogen (secondary N) is 1. The van der Waals surface area contributed by atoms with Crippen LogP contribution in [0.4, 0.5) is 10.5 Å². The Hall–Kier alpha value is -2.63. The lowest BCUT2D eigenvalue weighted by molar-refractivity contribution is 0.102. The Morgan fingerprint density at radius 2 is 2.13 bits per heavy atom. The fourth-order valence-electron chi connectivity index (χ4n) is 2.61. The smallest absolute Gasteiger partial charge is 0.321 e. The van der Waals surface area contributed by atoms with Gasteiger partial charge >= 0.3 is 6.03 Å². The molecule has 2 amide bonds. The van der Waals surface area contributed by atoms with Gasteiger partial charge in [0.05, 0.1) is 6.54 Å². The summed E-state index contributed by atoms with van der Waals surface area (Å²) in [5.74, 6) is 1.24. The molecule has 0 aliphatic carbocycles. The Kier molecular flexibility index (Phi) is 4.71. The first-order chi connectivity index (χ1) is 11.2. The molecule has 1 N–H and O–H groups in total. The number of para-hydroxylation sites is 1. The molecule has 6 heteroatoms. The van der Waals surface area contributed by atoms with Crippen LogP contribution in [0.5, 0.6) is 5.88 Å². The minimum atomic E-state index is -0.0941. The monoisotopic (exact) mass is 312 g/mol. The Morgan fingerprint density at radius 3 is 2.91 bits per heavy atom. The van der Waals surface area contributed by atoms with E-state index in [1.807, 2.05) is 37.3 Å². The predicted molar refractivity (Wildman–Crippen MR) is 87.5 cm³/mol. The average molecular weight is 312 g/mol. The summed E-state index contributed by atoms with van der Waals surface area (Å²) in [4.78, 5) is 22.4. The molecule has 3 rings (SSSR count). The number of carbonyl (C=O) groups excluding carboxylic acids is 1. The number of urea groups is 1. The number of hydrogen-bond donors (Lipinski definition) is 1. The highest BCUT2D eigenvalue weighted by Gasteiger charge is 2.25. The van der Waals surface area contributed by atoms with Crippen LogP contribution < -0.4 is 10.1 Å². The van der Waals surface area contributed by atoms with Gasteiger partial charge in [-0.2, -0.15) is 4.98 Å². The normalized spacial score (nSPS) is 17.6. The second kappa shape index (κ2) is 7.09. The van der Waals surface area contributed by atoms with Crippen LogP contribution in [-0.2, 0) is 0 Å². The van der Waals surface area contributed by atoms with Crippen LogP contribution in [0.1, 0.15) is 18.7 Å². The van der Waals surface area contributed by atoms with Gasteiger partial charge in [-0.1, -0.05) is 18.2 Å². The topological polar surface area (TPSA) is 67.3 Å². The van der Waals surface area contributed by atoms with Gasteiger partial charge < -0.3 is 15.0 Å². The first-order valence-corrected chi connectivity index (χ1v) is 7.78. The van der Waals surface area contributed by atoms with Crippen molar-refractivity contribution in [2.75, 3.05) is 18.4 Å². The summed E-state index contributed by atoms with van der Waals surface area (Å²) in [6.07, 6.45) is 3.47. The maximum Gasteiger partial charge on any atom is 0.321 e. The van der Waals surface area contributed by atoms with Crippen molar-refractivity contribution in [2.45, 2.75) is 25.9 Å². The van der Waals surface area contributed by atoms with Crippen LogP contribution in [0, 0.1) is 6.92 Å². The number of aryl methyl sites for hydroxylation is 1. The first kappa shape index (κ1) is 15.3. The van der Waals surface area contributed by atoms with Gasteiger partial charge in [0, 0.05) is 24.5 Å². The summed E-state index contributed by atoms with van der Waals surface area (Å²) in [7, 11) is 0. The minimum absolute atomic E-state index is 0.0421. The van der Waals surface area contributed by atoms with Gasteiger partial charge in [0.2, 0.25) is 5.88 Å². The highest BCUT2D eigenvalue weighted by molar-refractivity contribution is 5.89. The van der Waals surface area contributed by atoms with E-state index in [2.05, 4.69) is 15.3 Å². The number of piperidine rings is 1. The fraction of sp³-hybridized carbons (Fsp3) is 0.353. The number of likely N-dealkylation sites (tertiary alicyclic amines) is 1. The number of benzene rings is 1. The molecule has 0 bridgehead atoms. The fourth-order valence-corrected chi connectivity index (χ4v) is 2.61. The predicted octanol–water partition coefficient (Wildman–Crippen LogP) is 2.86. The van der Waals surface area contributed by atoms with E-state index in [1.54, 1.807) is 17.2 Å². The lowest BCUT2D eigenvalue weighted by Gasteiger charge is -2.32. The minimum Gasteiger partial charge on any atom is -0.472 e. The van der Waals surface area contributed by atoms with Crippen LogP contribution in [0.3, 0.4) is 0 Å². The molecule has 23 heavy (non-hydrogen) atoms. The SMILES string of the molecule is Cc1nccc(OC2CCCN(C(=O)Nc3ccccc3)C2)n1. The summed E-state index contributed by atoms with van der Waals surface area (Å²) in [6.45, 7) is 3.12. The van der Waals surface area contributed by atoms with Crippen LogP contribution in [-0.4, -0.2) is 40.1 Å². The van der Waals surface area contributed by atoms with Gasteiger partial charge in [0.25, 0.3) is 0 Å². The van der Waals surface area contributed by atoms with Crippen molar-refractivity contribution in [1.82, 2.24) is 14.9 Å². The molecule has 1 atom stereocenters. The second-order valence-corrected chi connectivity index (χ2v) is 5.57. The Labute approximate surface area is 135 Å². The molecule has 1 unspecified atom stereocenters. The molecule has 1 aliphatic heterocycles. The van der Waals surface area contributed by atoms with Crippen molar-refractivity contribution in [3.8, 4) is 5.88 Å². The molecule has 1 aromatic heterocycles. The molecule has 2 heterocycles. The van der Waals surface area contributed by atoms with E-state index in [4.69, 9.17) is 4.74 Å². The van der Waals surface area contributed by atoms with Crippen molar-refractivity contribution in [1.29, 1.82) is 0 Å². The molecule has 1 fully saturated rings. The number of hydrogen-bond acceptors (Lipinski definition) is 4. The van der Waals surface area contributed by atoms with Gasteiger partial charge in [-0.15, -0.1) is 0 Å². The van der Waals surface area contributed by atoms with E-state index >= 15 is 0 Å². The highest BCUT2D eigenvalue weighted by atomic mass is 16.5. The first-order valence-electron chi connectivity index (χ1n) is 7.78. The van der Waals surface area contributed by atoms with Gasteiger partial charge in [0.1, 0.15) is 11.9 Å². The number of carbonyl (C=O) groups is 1. The molecule has 1 saturated heterocycles. The van der Waals surface area contributed by atoms with Crippen molar-refractivity contribution < 1.29 is 9.53 Å². The van der Waals surface area contributed by atoms with Crippen LogP contribution in [0.25, 0.3) is 0 Å². The molecule has 2 aromatic rings. The summed E-state index contributed by atoms with van der Waals surface area (Å²) < 4.78 is 5.89. The highest BCUT2D eigenvalue weighted by Crippen LogP contribution is 2.17. The zero-order chi connectivity index (χ0) is 16.1. The quantitative estimate of drug-likeness (QED) is 0.946. The molecule has 1 aromatic carbocycles. The molecular weight excluding hydrogens is 292 g/mol. The Balaban J connectivity index is 1.58. The van der Waals surface area contributed by atoms with Crippen molar-refractivity contribution in [3.05, 3.63) is 48.4 Å². The molecule has 6 nitrogen and oxygen atoms in total. The third-order valence-electron chi connectivity index (χ3n) is 3.73. The number of nitrogens with zero attached hydrogens (tertiary/aromatic N) is 3. The lowest BCUT2D eigenvalue weighted by atomic mass is 10.1. The van der Waals surface area contributed by atoms with Crippen LogP contribution in [0.15, 0.2) is 42.6 Å². The van der Waals surface area contributed by atoms with Gasteiger partial charge in [-0.3, -0.25) is 0 Å². The second-order valence-electron chi connectivity index (χ2n) is 5.57. The molecule has 0 saturated carbocycles. The van der Waals surface area contributed by atoms with Crippen LogP contribution in [0.2, 0.25) is 0 Å². The van der Waals surface area contributed by atoms with Crippen LogP contribution >= 0.6 is 0 Å². The number of rotatable bonds is 3. The van der Waals surface area contributed by atoms with Gasteiger partial charge in [0.15, 0.2) is 0 Å². The third kappa shape index (κ3) is 4.18. The number of ether oxygens (including phenoxy) is 1. The summed E-state index contributed by atoms with van der Waals surface area (Å²) >= 11 is 0. The number of aromatic nitrogens is 2. The molecule has 1 aliphatic rings. The molecule has 120 valence electrons. The number of amides is 2. The summed E-state index contributed by atoms with van der Waals surface area (Å²) in [5, 5.41) is 2.91. The maximum absolute atomic E-state index is 12.4. The Morgan fingerprint density at radius 1 is 1.30 bits per heavy atom. The lowest BCUT2D eigenvalue weighted by Crippen LogP contribution is -2.46. The van der Waals surface area contributed by atoms with Gasteiger partial charge in [-0.25, -0.2) is 9.78 Å². The standard InChI is InChI=1S/C17H20N4O2/c1-13-18-10-9-16(19-13)23-15-8-5-11-21(12-15)17(22)20-14-6-3-2-4-7-14/h2-4,6-7,9-10,15H,5,8,11-12H2,1H3,(H,20,22).